The molecule has 1 heteroatoms. The van der Waals surface area contributed by atoms with Gasteiger partial charge in [-0.05, 0) is 41.2 Å². The monoisotopic (exact) mass is 322 g/mol. The second kappa shape index (κ2) is 5.99. The van der Waals surface area contributed by atoms with Crippen LogP contribution in [0.4, 0.5) is 0 Å². The molecule has 0 atom stereocenters. The third kappa shape index (κ3) is 3.84. The molecule has 0 nitrogen and oxygen atoms in total. The zero-order valence-electron chi connectivity index (χ0n) is 12.6. The van der Waals surface area contributed by atoms with Gasteiger partial charge in [0.15, 0.2) is 0 Å². The van der Waals surface area contributed by atoms with E-state index in [9.17, 15) is 0 Å². The smallest absolute Gasteiger partial charge is 0.00911 e. The van der Waals surface area contributed by atoms with Gasteiger partial charge >= 0.3 is 0 Å². The minimum absolute atomic E-state index is 0.260. The summed E-state index contributed by atoms with van der Waals surface area (Å²) >= 11 is 3.77. The van der Waals surface area contributed by atoms with Crippen LogP contribution in [0.5, 0.6) is 0 Å². The topological polar surface area (TPSA) is 0 Å². The summed E-state index contributed by atoms with van der Waals surface area (Å²) in [6, 6.07) is 9.33. The maximum Gasteiger partial charge on any atom is 0.00911 e. The van der Waals surface area contributed by atoms with E-state index in [0.717, 1.165) is 5.33 Å². The predicted octanol–water partition coefficient (Wildman–Crippen LogP) is 5.87. The fraction of sp³-hybridized carbons (Fsp3) is 0.667. The van der Waals surface area contributed by atoms with Gasteiger partial charge in [-0.1, -0.05) is 80.2 Å². The molecular formula is C18H27Br. The summed E-state index contributed by atoms with van der Waals surface area (Å²) in [5.74, 6) is 0. The molecule has 0 saturated heterocycles. The molecule has 106 valence electrons. The van der Waals surface area contributed by atoms with Crippen molar-refractivity contribution in [2.75, 3.05) is 5.33 Å². The lowest BCUT2D eigenvalue weighted by molar-refractivity contribution is 0.223. The summed E-state index contributed by atoms with van der Waals surface area (Å²) in [6.45, 7) is 6.84. The lowest BCUT2D eigenvalue weighted by Gasteiger charge is -2.36. The average molecular weight is 323 g/mol. The van der Waals surface area contributed by atoms with Gasteiger partial charge in [-0.25, -0.2) is 0 Å². The summed E-state index contributed by atoms with van der Waals surface area (Å²) in [5, 5.41) is 1.15. The lowest BCUT2D eigenvalue weighted by Crippen LogP contribution is -2.28. The molecule has 1 aliphatic rings. The van der Waals surface area contributed by atoms with Crippen LogP contribution in [0, 0.1) is 5.41 Å². The number of alkyl halides is 1. The standard InChI is InChI=1S/C18H27Br/c1-17(2,3)16-9-7-15(8-10-16)13-18(14-19)11-5-4-6-12-18/h7-10H,4-6,11-14H2,1-3H3. The highest BCUT2D eigenvalue weighted by molar-refractivity contribution is 9.09. The zero-order valence-corrected chi connectivity index (χ0v) is 14.2. The third-order valence-electron chi connectivity index (χ3n) is 4.60. The Morgan fingerprint density at radius 2 is 1.58 bits per heavy atom. The molecule has 19 heavy (non-hydrogen) atoms. The van der Waals surface area contributed by atoms with Crippen LogP contribution in [-0.4, -0.2) is 5.33 Å². The number of rotatable bonds is 3. The van der Waals surface area contributed by atoms with E-state index in [1.54, 1.807) is 0 Å². The Hall–Kier alpha value is -0.300. The summed E-state index contributed by atoms with van der Waals surface area (Å²) in [6.07, 6.45) is 8.26. The van der Waals surface area contributed by atoms with Crippen LogP contribution >= 0.6 is 15.9 Å². The van der Waals surface area contributed by atoms with Crippen molar-refractivity contribution in [3.63, 3.8) is 0 Å². The van der Waals surface area contributed by atoms with Crippen LogP contribution in [0.2, 0.25) is 0 Å². The van der Waals surface area contributed by atoms with Crippen molar-refractivity contribution >= 4 is 15.9 Å². The molecule has 1 aromatic rings. The molecule has 0 N–H and O–H groups in total. The highest BCUT2D eigenvalue weighted by Crippen LogP contribution is 2.40. The van der Waals surface area contributed by atoms with Crippen molar-refractivity contribution in [3.05, 3.63) is 35.4 Å². The van der Waals surface area contributed by atoms with Gasteiger partial charge in [0.2, 0.25) is 0 Å². The number of hydrogen-bond acceptors (Lipinski definition) is 0. The second-order valence-corrected chi connectivity index (χ2v) is 7.88. The minimum atomic E-state index is 0.260. The molecular weight excluding hydrogens is 296 g/mol. The van der Waals surface area contributed by atoms with Crippen LogP contribution in [0.1, 0.15) is 64.0 Å². The molecule has 1 fully saturated rings. The van der Waals surface area contributed by atoms with E-state index in [2.05, 4.69) is 61.0 Å². The molecule has 0 spiro atoms. The Morgan fingerprint density at radius 3 is 2.05 bits per heavy atom. The summed E-state index contributed by atoms with van der Waals surface area (Å²) in [4.78, 5) is 0. The zero-order chi connectivity index (χ0) is 13.9. The fourth-order valence-corrected chi connectivity index (χ4v) is 3.97. The van der Waals surface area contributed by atoms with Crippen molar-refractivity contribution in [2.24, 2.45) is 5.41 Å². The highest BCUT2D eigenvalue weighted by Gasteiger charge is 2.31. The first-order chi connectivity index (χ1) is 8.95. The van der Waals surface area contributed by atoms with Crippen LogP contribution in [0.25, 0.3) is 0 Å². The van der Waals surface area contributed by atoms with Gasteiger partial charge in [-0.3, -0.25) is 0 Å². The van der Waals surface area contributed by atoms with Crippen LogP contribution in [0.3, 0.4) is 0 Å². The normalized spacial score (nSPS) is 19.4. The van der Waals surface area contributed by atoms with E-state index in [4.69, 9.17) is 0 Å². The van der Waals surface area contributed by atoms with Crippen molar-refractivity contribution in [1.82, 2.24) is 0 Å². The molecule has 0 amide bonds. The molecule has 0 aliphatic heterocycles. The second-order valence-electron chi connectivity index (χ2n) is 7.32. The first-order valence-electron chi connectivity index (χ1n) is 7.61. The molecule has 0 unspecified atom stereocenters. The third-order valence-corrected chi connectivity index (χ3v) is 5.79. The average Bonchev–Trinajstić information content (AvgIpc) is 2.39. The molecule has 0 heterocycles. The first-order valence-corrected chi connectivity index (χ1v) is 8.73. The van der Waals surface area contributed by atoms with Crippen LogP contribution in [0.15, 0.2) is 24.3 Å². The van der Waals surface area contributed by atoms with Crippen LogP contribution in [-0.2, 0) is 11.8 Å². The van der Waals surface area contributed by atoms with Gasteiger partial charge in [-0.15, -0.1) is 0 Å². The Bertz CT molecular complexity index is 391. The molecule has 0 aromatic heterocycles. The highest BCUT2D eigenvalue weighted by atomic mass is 79.9. The number of hydrogen-bond donors (Lipinski definition) is 0. The van der Waals surface area contributed by atoms with E-state index in [0.29, 0.717) is 5.41 Å². The van der Waals surface area contributed by atoms with Crippen molar-refractivity contribution in [2.45, 2.75) is 64.7 Å². The molecule has 0 radical (unpaired) electrons. The number of benzene rings is 1. The summed E-state index contributed by atoms with van der Waals surface area (Å²) in [7, 11) is 0. The van der Waals surface area contributed by atoms with E-state index in [1.807, 2.05) is 0 Å². The van der Waals surface area contributed by atoms with Gasteiger partial charge in [0.25, 0.3) is 0 Å². The van der Waals surface area contributed by atoms with Gasteiger partial charge in [0.05, 0.1) is 0 Å². The molecule has 0 bridgehead atoms. The van der Waals surface area contributed by atoms with Gasteiger partial charge in [0.1, 0.15) is 0 Å². The fourth-order valence-electron chi connectivity index (χ4n) is 3.22. The van der Waals surface area contributed by atoms with Crippen molar-refractivity contribution < 1.29 is 0 Å². The van der Waals surface area contributed by atoms with Gasteiger partial charge < -0.3 is 0 Å². The van der Waals surface area contributed by atoms with Crippen molar-refractivity contribution in [3.8, 4) is 0 Å². The van der Waals surface area contributed by atoms with E-state index in [-0.39, 0.29) is 5.41 Å². The largest absolute Gasteiger partial charge is 0.0922 e. The van der Waals surface area contributed by atoms with E-state index < -0.39 is 0 Å². The summed E-state index contributed by atoms with van der Waals surface area (Å²) in [5.41, 5.74) is 3.72. The summed E-state index contributed by atoms with van der Waals surface area (Å²) < 4.78 is 0. The first kappa shape index (κ1) is 15.1. The Labute approximate surface area is 127 Å². The Kier molecular flexibility index (Phi) is 4.76. The predicted molar refractivity (Wildman–Crippen MR) is 88.2 cm³/mol. The Morgan fingerprint density at radius 1 is 1.00 bits per heavy atom. The number of halogens is 1. The van der Waals surface area contributed by atoms with Gasteiger partial charge in [-0.2, -0.15) is 0 Å². The van der Waals surface area contributed by atoms with Crippen LogP contribution < -0.4 is 0 Å². The van der Waals surface area contributed by atoms with E-state index in [1.165, 1.54) is 49.7 Å². The molecule has 1 saturated carbocycles. The van der Waals surface area contributed by atoms with Gasteiger partial charge in [0, 0.05) is 5.33 Å². The quantitative estimate of drug-likeness (QED) is 0.610. The molecule has 1 aliphatic carbocycles. The molecule has 2 rings (SSSR count). The van der Waals surface area contributed by atoms with E-state index >= 15 is 0 Å². The Balaban J connectivity index is 2.10. The molecule has 1 aromatic carbocycles. The SMILES string of the molecule is CC(C)(C)c1ccc(CC2(CBr)CCCCC2)cc1. The minimum Gasteiger partial charge on any atom is -0.0922 e. The van der Waals surface area contributed by atoms with Crippen molar-refractivity contribution in [1.29, 1.82) is 0 Å². The lowest BCUT2D eigenvalue weighted by atomic mass is 9.72. The maximum absolute atomic E-state index is 3.77. The maximum atomic E-state index is 3.77.